The van der Waals surface area contributed by atoms with Crippen LogP contribution in [0.2, 0.25) is 0 Å². The summed E-state index contributed by atoms with van der Waals surface area (Å²) in [6, 6.07) is 0.185. The van der Waals surface area contributed by atoms with Crippen molar-refractivity contribution >= 4 is 10.0 Å². The molecule has 0 saturated heterocycles. The second kappa shape index (κ2) is 5.98. The molecule has 1 aliphatic rings. The Labute approximate surface area is 99.2 Å². The summed E-state index contributed by atoms with van der Waals surface area (Å²) in [7, 11) is -3.15. The van der Waals surface area contributed by atoms with E-state index in [2.05, 4.69) is 0 Å². The molecule has 0 aromatic rings. The van der Waals surface area contributed by atoms with Crippen molar-refractivity contribution in [2.24, 2.45) is 5.73 Å². The highest BCUT2D eigenvalue weighted by Gasteiger charge is 2.32. The first-order valence-electron chi connectivity index (χ1n) is 6.21. The summed E-state index contributed by atoms with van der Waals surface area (Å²) in [6.07, 6.45) is 5.49. The molecule has 5 heteroatoms. The van der Waals surface area contributed by atoms with Gasteiger partial charge in [0.15, 0.2) is 0 Å². The third kappa shape index (κ3) is 3.18. The van der Waals surface area contributed by atoms with E-state index in [9.17, 15) is 8.42 Å². The van der Waals surface area contributed by atoms with Crippen molar-refractivity contribution in [3.63, 3.8) is 0 Å². The van der Waals surface area contributed by atoms with Crippen LogP contribution in [0.3, 0.4) is 0 Å². The van der Waals surface area contributed by atoms with Crippen LogP contribution in [-0.4, -0.2) is 37.1 Å². The van der Waals surface area contributed by atoms with Crippen LogP contribution in [0.25, 0.3) is 0 Å². The molecule has 0 aromatic heterocycles. The average molecular weight is 248 g/mol. The third-order valence-corrected chi connectivity index (χ3v) is 5.58. The summed E-state index contributed by atoms with van der Waals surface area (Å²) in [6.45, 7) is 4.34. The highest BCUT2D eigenvalue weighted by molar-refractivity contribution is 7.89. The van der Waals surface area contributed by atoms with Gasteiger partial charge >= 0.3 is 0 Å². The van der Waals surface area contributed by atoms with Crippen LogP contribution in [0.4, 0.5) is 0 Å². The Kier molecular flexibility index (Phi) is 5.21. The Bertz CT molecular complexity index is 295. The Balaban J connectivity index is 2.80. The van der Waals surface area contributed by atoms with E-state index in [1.807, 2.05) is 0 Å². The first-order chi connectivity index (χ1) is 7.50. The molecule has 0 aromatic carbocycles. The van der Waals surface area contributed by atoms with Crippen LogP contribution in [0.15, 0.2) is 0 Å². The summed E-state index contributed by atoms with van der Waals surface area (Å²) >= 11 is 0. The van der Waals surface area contributed by atoms with Crippen molar-refractivity contribution < 1.29 is 8.42 Å². The van der Waals surface area contributed by atoms with E-state index >= 15 is 0 Å². The van der Waals surface area contributed by atoms with Crippen LogP contribution < -0.4 is 5.73 Å². The second-order valence-electron chi connectivity index (χ2n) is 4.78. The van der Waals surface area contributed by atoms with E-state index in [1.165, 1.54) is 6.42 Å². The van der Waals surface area contributed by atoms with Crippen molar-refractivity contribution in [1.82, 2.24) is 4.31 Å². The maximum absolute atomic E-state index is 12.2. The van der Waals surface area contributed by atoms with E-state index in [-0.39, 0.29) is 11.3 Å². The lowest BCUT2D eigenvalue weighted by Gasteiger charge is -2.34. The molecule has 1 rings (SSSR count). The normalized spacial score (nSPS) is 19.6. The molecule has 1 aliphatic carbocycles. The number of sulfonamides is 1. The summed E-state index contributed by atoms with van der Waals surface area (Å²) < 4.78 is 26.0. The van der Waals surface area contributed by atoms with Crippen molar-refractivity contribution in [2.75, 3.05) is 13.1 Å². The fourth-order valence-electron chi connectivity index (χ4n) is 2.28. The minimum atomic E-state index is -3.15. The van der Waals surface area contributed by atoms with Gasteiger partial charge in [-0.15, -0.1) is 0 Å². The maximum atomic E-state index is 12.2. The van der Waals surface area contributed by atoms with Gasteiger partial charge in [0.2, 0.25) is 10.0 Å². The second-order valence-corrected chi connectivity index (χ2v) is 7.23. The summed E-state index contributed by atoms with van der Waals surface area (Å²) in [4.78, 5) is 0. The molecular weight excluding hydrogens is 224 g/mol. The molecular formula is C11H24N2O2S. The molecule has 0 radical (unpaired) electrons. The van der Waals surface area contributed by atoms with Gasteiger partial charge in [-0.2, -0.15) is 4.31 Å². The molecule has 0 spiro atoms. The summed E-state index contributed by atoms with van der Waals surface area (Å²) in [5.41, 5.74) is 5.53. The monoisotopic (exact) mass is 248 g/mol. The molecule has 16 heavy (non-hydrogen) atoms. The van der Waals surface area contributed by atoms with E-state index < -0.39 is 10.0 Å². The molecule has 4 nitrogen and oxygen atoms in total. The molecule has 0 bridgehead atoms. The molecule has 1 saturated carbocycles. The maximum Gasteiger partial charge on any atom is 0.216 e. The lowest BCUT2D eigenvalue weighted by atomic mass is 9.95. The van der Waals surface area contributed by atoms with Gasteiger partial charge in [0.1, 0.15) is 0 Å². The standard InChI is InChI=1S/C11H24N2O2S/c1-10(2)16(14,15)13(9-8-12)11-6-4-3-5-7-11/h10-11H,3-9,12H2,1-2H3. The van der Waals surface area contributed by atoms with Crippen molar-refractivity contribution in [3.8, 4) is 0 Å². The molecule has 0 heterocycles. The number of nitrogens with zero attached hydrogens (tertiary/aromatic N) is 1. The van der Waals surface area contributed by atoms with Crippen molar-refractivity contribution in [1.29, 1.82) is 0 Å². The van der Waals surface area contributed by atoms with Crippen molar-refractivity contribution in [2.45, 2.75) is 57.2 Å². The molecule has 2 N–H and O–H groups in total. The average Bonchev–Trinajstić information content (AvgIpc) is 2.26. The van der Waals surface area contributed by atoms with Gasteiger partial charge in [-0.25, -0.2) is 8.42 Å². The van der Waals surface area contributed by atoms with Gasteiger partial charge in [-0.3, -0.25) is 0 Å². The third-order valence-electron chi connectivity index (χ3n) is 3.25. The van der Waals surface area contributed by atoms with E-state index in [1.54, 1.807) is 18.2 Å². The van der Waals surface area contributed by atoms with Crippen LogP contribution >= 0.6 is 0 Å². The minimum absolute atomic E-state index is 0.185. The fraction of sp³-hybridized carbons (Fsp3) is 1.00. The van der Waals surface area contributed by atoms with Crippen molar-refractivity contribution in [3.05, 3.63) is 0 Å². The quantitative estimate of drug-likeness (QED) is 0.798. The van der Waals surface area contributed by atoms with Crippen LogP contribution in [0.5, 0.6) is 0 Å². The van der Waals surface area contributed by atoms with Gasteiger partial charge in [0.05, 0.1) is 5.25 Å². The summed E-state index contributed by atoms with van der Waals surface area (Å²) in [5.74, 6) is 0. The van der Waals surface area contributed by atoms with E-state index in [4.69, 9.17) is 5.73 Å². The van der Waals surface area contributed by atoms with Gasteiger partial charge in [-0.1, -0.05) is 19.3 Å². The summed E-state index contributed by atoms with van der Waals surface area (Å²) in [5, 5.41) is -0.346. The van der Waals surface area contributed by atoms with Gasteiger partial charge < -0.3 is 5.73 Å². The number of hydrogen-bond donors (Lipinski definition) is 1. The zero-order valence-corrected chi connectivity index (χ0v) is 11.2. The zero-order chi connectivity index (χ0) is 12.2. The fourth-order valence-corrected chi connectivity index (χ4v) is 3.81. The lowest BCUT2D eigenvalue weighted by Crippen LogP contribution is -2.46. The Morgan fingerprint density at radius 1 is 1.25 bits per heavy atom. The molecule has 0 atom stereocenters. The first kappa shape index (κ1) is 13.9. The topological polar surface area (TPSA) is 63.4 Å². The highest BCUT2D eigenvalue weighted by atomic mass is 32.2. The Hall–Kier alpha value is -0.130. The number of nitrogens with two attached hydrogens (primary N) is 1. The highest BCUT2D eigenvalue weighted by Crippen LogP contribution is 2.25. The zero-order valence-electron chi connectivity index (χ0n) is 10.4. The Morgan fingerprint density at radius 3 is 2.25 bits per heavy atom. The van der Waals surface area contributed by atoms with Gasteiger partial charge in [-0.05, 0) is 26.7 Å². The minimum Gasteiger partial charge on any atom is -0.329 e. The number of hydrogen-bond acceptors (Lipinski definition) is 3. The largest absolute Gasteiger partial charge is 0.329 e. The van der Waals surface area contributed by atoms with Crippen LogP contribution in [0.1, 0.15) is 46.0 Å². The molecule has 0 aliphatic heterocycles. The van der Waals surface area contributed by atoms with E-state index in [0.717, 1.165) is 25.7 Å². The lowest BCUT2D eigenvalue weighted by molar-refractivity contribution is 0.256. The first-order valence-corrected chi connectivity index (χ1v) is 7.71. The molecule has 0 amide bonds. The SMILES string of the molecule is CC(C)S(=O)(=O)N(CCN)C1CCCCC1. The number of rotatable bonds is 5. The van der Waals surface area contributed by atoms with Gasteiger partial charge in [0.25, 0.3) is 0 Å². The van der Waals surface area contributed by atoms with Crippen LogP contribution in [-0.2, 0) is 10.0 Å². The predicted octanol–water partition coefficient (Wildman–Crippen LogP) is 1.32. The Morgan fingerprint density at radius 2 is 1.81 bits per heavy atom. The van der Waals surface area contributed by atoms with Crippen LogP contribution in [0, 0.1) is 0 Å². The van der Waals surface area contributed by atoms with Gasteiger partial charge in [0, 0.05) is 19.1 Å². The molecule has 96 valence electrons. The predicted molar refractivity (Wildman–Crippen MR) is 66.7 cm³/mol. The molecule has 0 unspecified atom stereocenters. The molecule has 1 fully saturated rings. The van der Waals surface area contributed by atoms with E-state index in [0.29, 0.717) is 13.1 Å². The smallest absolute Gasteiger partial charge is 0.216 e.